The molecule has 2 aromatic carbocycles. The smallest absolute Gasteiger partial charge is 0.228 e. The highest BCUT2D eigenvalue weighted by Crippen LogP contribution is 2.19. The molecule has 0 unspecified atom stereocenters. The highest BCUT2D eigenvalue weighted by Gasteiger charge is 2.31. The molecule has 0 spiro atoms. The first-order valence-corrected chi connectivity index (χ1v) is 8.27. The van der Waals surface area contributed by atoms with Crippen molar-refractivity contribution in [3.8, 4) is 0 Å². The van der Waals surface area contributed by atoms with Gasteiger partial charge >= 0.3 is 0 Å². The summed E-state index contributed by atoms with van der Waals surface area (Å²) in [6.07, 6.45) is 1.83. The van der Waals surface area contributed by atoms with E-state index in [1.165, 1.54) is 5.56 Å². The molecule has 0 saturated carbocycles. The number of benzene rings is 2. The van der Waals surface area contributed by atoms with Gasteiger partial charge in [0.2, 0.25) is 5.91 Å². The number of amides is 1. The molecule has 120 valence electrons. The summed E-state index contributed by atoms with van der Waals surface area (Å²) in [7, 11) is 0. The van der Waals surface area contributed by atoms with Gasteiger partial charge < -0.3 is 9.64 Å². The lowest BCUT2D eigenvalue weighted by atomic mass is 10.1. The molecule has 3 nitrogen and oxygen atoms in total. The van der Waals surface area contributed by atoms with Crippen molar-refractivity contribution in [2.45, 2.75) is 19.4 Å². The summed E-state index contributed by atoms with van der Waals surface area (Å²) in [4.78, 5) is 14.4. The number of rotatable bonds is 7. The Labute approximate surface area is 137 Å². The second-order valence-corrected chi connectivity index (χ2v) is 6.05. The van der Waals surface area contributed by atoms with Crippen LogP contribution in [0.1, 0.15) is 17.5 Å². The Hall–Kier alpha value is -2.13. The van der Waals surface area contributed by atoms with Crippen LogP contribution in [0.5, 0.6) is 0 Å². The molecule has 1 aliphatic rings. The first-order chi connectivity index (χ1) is 11.3. The second kappa shape index (κ2) is 7.93. The van der Waals surface area contributed by atoms with Gasteiger partial charge in [-0.25, -0.2) is 0 Å². The number of nitrogens with zero attached hydrogens (tertiary/aromatic N) is 1. The molecule has 2 aromatic rings. The number of hydrogen-bond acceptors (Lipinski definition) is 2. The van der Waals surface area contributed by atoms with Crippen LogP contribution < -0.4 is 0 Å². The minimum atomic E-state index is 0.0227. The Kier molecular flexibility index (Phi) is 5.43. The third-order valence-electron chi connectivity index (χ3n) is 4.35. The maximum Gasteiger partial charge on any atom is 0.228 e. The van der Waals surface area contributed by atoms with E-state index in [0.29, 0.717) is 13.2 Å². The van der Waals surface area contributed by atoms with Gasteiger partial charge in [-0.1, -0.05) is 60.7 Å². The van der Waals surface area contributed by atoms with Gasteiger partial charge in [-0.05, 0) is 24.0 Å². The summed E-state index contributed by atoms with van der Waals surface area (Å²) in [5.74, 6) is 0.267. The SMILES string of the molecule is O=C1[C@H](COCc2ccccc2)CCN1CCc1ccccc1. The third-order valence-corrected chi connectivity index (χ3v) is 4.35. The maximum atomic E-state index is 12.4. The van der Waals surface area contributed by atoms with Crippen molar-refractivity contribution in [1.29, 1.82) is 0 Å². The summed E-state index contributed by atoms with van der Waals surface area (Å²) in [6, 6.07) is 20.4. The Morgan fingerprint density at radius 3 is 2.30 bits per heavy atom. The van der Waals surface area contributed by atoms with Crippen LogP contribution in [0.3, 0.4) is 0 Å². The van der Waals surface area contributed by atoms with E-state index in [1.54, 1.807) is 0 Å². The minimum Gasteiger partial charge on any atom is -0.376 e. The van der Waals surface area contributed by atoms with Gasteiger partial charge in [0.25, 0.3) is 0 Å². The summed E-state index contributed by atoms with van der Waals surface area (Å²) in [5, 5.41) is 0. The van der Waals surface area contributed by atoms with Crippen LogP contribution in [0.4, 0.5) is 0 Å². The molecule has 3 rings (SSSR count). The molecule has 1 aliphatic heterocycles. The fourth-order valence-electron chi connectivity index (χ4n) is 2.98. The number of likely N-dealkylation sites (tertiary alicyclic amines) is 1. The van der Waals surface area contributed by atoms with Crippen LogP contribution in [-0.2, 0) is 22.6 Å². The summed E-state index contributed by atoms with van der Waals surface area (Å²) < 4.78 is 5.74. The van der Waals surface area contributed by atoms with Gasteiger partial charge in [0.1, 0.15) is 0 Å². The van der Waals surface area contributed by atoms with Crippen molar-refractivity contribution in [3.63, 3.8) is 0 Å². The number of ether oxygens (including phenoxy) is 1. The molecule has 0 aromatic heterocycles. The zero-order valence-electron chi connectivity index (χ0n) is 13.4. The first-order valence-electron chi connectivity index (χ1n) is 8.27. The average molecular weight is 309 g/mol. The predicted octanol–water partition coefficient (Wildman–Crippen LogP) is 3.29. The maximum absolute atomic E-state index is 12.4. The quantitative estimate of drug-likeness (QED) is 0.785. The van der Waals surface area contributed by atoms with Crippen molar-refractivity contribution in [2.24, 2.45) is 5.92 Å². The van der Waals surface area contributed by atoms with Crippen LogP contribution in [0.15, 0.2) is 60.7 Å². The van der Waals surface area contributed by atoms with E-state index in [1.807, 2.05) is 53.4 Å². The zero-order chi connectivity index (χ0) is 15.9. The molecule has 0 bridgehead atoms. The third kappa shape index (κ3) is 4.42. The average Bonchev–Trinajstić information content (AvgIpc) is 2.95. The normalized spacial score (nSPS) is 17.7. The fourth-order valence-corrected chi connectivity index (χ4v) is 2.98. The van der Waals surface area contributed by atoms with Crippen molar-refractivity contribution in [3.05, 3.63) is 71.8 Å². The first kappa shape index (κ1) is 15.8. The van der Waals surface area contributed by atoms with Crippen molar-refractivity contribution >= 4 is 5.91 Å². The van der Waals surface area contributed by atoms with Gasteiger partial charge in [0.05, 0.1) is 19.1 Å². The molecule has 0 aliphatic carbocycles. The van der Waals surface area contributed by atoms with Crippen molar-refractivity contribution < 1.29 is 9.53 Å². The monoisotopic (exact) mass is 309 g/mol. The lowest BCUT2D eigenvalue weighted by Gasteiger charge is -2.16. The Morgan fingerprint density at radius 2 is 1.61 bits per heavy atom. The van der Waals surface area contributed by atoms with Crippen molar-refractivity contribution in [1.82, 2.24) is 4.90 Å². The van der Waals surface area contributed by atoms with Crippen LogP contribution in [0.25, 0.3) is 0 Å². The van der Waals surface area contributed by atoms with Gasteiger partial charge in [-0.3, -0.25) is 4.79 Å². The van der Waals surface area contributed by atoms with Crippen LogP contribution in [-0.4, -0.2) is 30.5 Å². The van der Waals surface area contributed by atoms with Gasteiger partial charge in [-0.2, -0.15) is 0 Å². The number of hydrogen-bond donors (Lipinski definition) is 0. The summed E-state index contributed by atoms with van der Waals surface area (Å²) >= 11 is 0. The number of carbonyl (C=O) groups excluding carboxylic acids is 1. The second-order valence-electron chi connectivity index (χ2n) is 6.05. The van der Waals surface area contributed by atoms with Gasteiger partial charge in [0.15, 0.2) is 0 Å². The van der Waals surface area contributed by atoms with Gasteiger partial charge in [0, 0.05) is 13.1 Å². The van der Waals surface area contributed by atoms with Crippen LogP contribution in [0, 0.1) is 5.92 Å². The molecular weight excluding hydrogens is 286 g/mol. The fraction of sp³-hybridized carbons (Fsp3) is 0.350. The zero-order valence-corrected chi connectivity index (χ0v) is 13.4. The lowest BCUT2D eigenvalue weighted by Crippen LogP contribution is -2.30. The van der Waals surface area contributed by atoms with Crippen LogP contribution >= 0.6 is 0 Å². The van der Waals surface area contributed by atoms with Gasteiger partial charge in [-0.15, -0.1) is 0 Å². The molecule has 0 N–H and O–H groups in total. The summed E-state index contributed by atoms with van der Waals surface area (Å²) in [6.45, 7) is 2.76. The van der Waals surface area contributed by atoms with E-state index >= 15 is 0 Å². The van der Waals surface area contributed by atoms with Crippen LogP contribution in [0.2, 0.25) is 0 Å². The molecule has 23 heavy (non-hydrogen) atoms. The highest BCUT2D eigenvalue weighted by atomic mass is 16.5. The lowest BCUT2D eigenvalue weighted by molar-refractivity contribution is -0.132. The molecular formula is C20H23NO2. The minimum absolute atomic E-state index is 0.0227. The van der Waals surface area contributed by atoms with E-state index in [9.17, 15) is 4.79 Å². The molecule has 1 fully saturated rings. The predicted molar refractivity (Wildman–Crippen MR) is 90.9 cm³/mol. The molecule has 3 heteroatoms. The Balaban J connectivity index is 1.41. The molecule has 1 heterocycles. The molecule has 1 atom stereocenters. The Morgan fingerprint density at radius 1 is 0.957 bits per heavy atom. The van der Waals surface area contributed by atoms with E-state index in [2.05, 4.69) is 12.1 Å². The standard InChI is InChI=1S/C20H23NO2/c22-20-19(16-23-15-18-9-5-2-6-10-18)12-14-21(20)13-11-17-7-3-1-4-8-17/h1-10,19H,11-16H2/t19-/m0/s1. The van der Waals surface area contributed by atoms with E-state index in [-0.39, 0.29) is 11.8 Å². The van der Waals surface area contributed by atoms with E-state index in [0.717, 1.165) is 31.5 Å². The van der Waals surface area contributed by atoms with E-state index < -0.39 is 0 Å². The largest absolute Gasteiger partial charge is 0.376 e. The van der Waals surface area contributed by atoms with E-state index in [4.69, 9.17) is 4.74 Å². The topological polar surface area (TPSA) is 29.5 Å². The Bertz CT molecular complexity index is 612. The molecule has 1 amide bonds. The summed E-state index contributed by atoms with van der Waals surface area (Å²) in [5.41, 5.74) is 2.43. The highest BCUT2D eigenvalue weighted by molar-refractivity contribution is 5.81. The van der Waals surface area contributed by atoms with Crippen molar-refractivity contribution in [2.75, 3.05) is 19.7 Å². The number of carbonyl (C=O) groups is 1. The molecule has 0 radical (unpaired) electrons. The molecule has 1 saturated heterocycles.